The van der Waals surface area contributed by atoms with Crippen LogP contribution in [0.25, 0.3) is 11.0 Å². The van der Waals surface area contributed by atoms with Gasteiger partial charge in [-0.3, -0.25) is 4.79 Å². The second-order valence-electron chi connectivity index (χ2n) is 6.74. The van der Waals surface area contributed by atoms with Crippen LogP contribution in [0.4, 0.5) is 5.69 Å². The van der Waals surface area contributed by atoms with Gasteiger partial charge in [0.2, 0.25) is 5.88 Å². The van der Waals surface area contributed by atoms with Crippen molar-refractivity contribution in [1.29, 1.82) is 0 Å². The number of rotatable bonds is 4. The first-order chi connectivity index (χ1) is 12.4. The number of anilines is 1. The van der Waals surface area contributed by atoms with E-state index in [0.29, 0.717) is 22.6 Å². The minimum absolute atomic E-state index is 0.177. The standard InChI is InChI=1S/C21H23N3O2/c1-12(2)15-6-8-16(9-7-15)22-20(25)19-21(26-5)24-18-11-14(4)13(3)10-17(18)23-19/h6-12H,1-5H3,(H,22,25). The Morgan fingerprint density at radius 3 is 2.12 bits per heavy atom. The van der Waals surface area contributed by atoms with Gasteiger partial charge in [-0.15, -0.1) is 0 Å². The maximum Gasteiger partial charge on any atom is 0.279 e. The van der Waals surface area contributed by atoms with Crippen molar-refractivity contribution in [1.82, 2.24) is 9.97 Å². The predicted octanol–water partition coefficient (Wildman–Crippen LogP) is 4.63. The van der Waals surface area contributed by atoms with Crippen LogP contribution in [0, 0.1) is 13.8 Å². The molecule has 0 radical (unpaired) electrons. The molecule has 0 aliphatic rings. The molecular formula is C21H23N3O2. The second-order valence-corrected chi connectivity index (χ2v) is 6.74. The third-order valence-electron chi connectivity index (χ3n) is 4.49. The number of carbonyl (C=O) groups excluding carboxylic acids is 1. The Morgan fingerprint density at radius 1 is 1.00 bits per heavy atom. The maximum absolute atomic E-state index is 12.7. The van der Waals surface area contributed by atoms with Crippen LogP contribution in [0.1, 0.15) is 46.9 Å². The molecule has 0 aliphatic carbocycles. The van der Waals surface area contributed by atoms with E-state index in [1.807, 2.05) is 50.2 Å². The Bertz CT molecular complexity index is 963. The van der Waals surface area contributed by atoms with Gasteiger partial charge in [-0.25, -0.2) is 9.97 Å². The molecule has 26 heavy (non-hydrogen) atoms. The molecular weight excluding hydrogens is 326 g/mol. The minimum atomic E-state index is -0.341. The lowest BCUT2D eigenvalue weighted by Gasteiger charge is -2.11. The lowest BCUT2D eigenvalue weighted by Crippen LogP contribution is -2.16. The number of carbonyl (C=O) groups is 1. The summed E-state index contributed by atoms with van der Waals surface area (Å²) in [7, 11) is 1.49. The van der Waals surface area contributed by atoms with Gasteiger partial charge in [0, 0.05) is 5.69 Å². The number of amides is 1. The smallest absolute Gasteiger partial charge is 0.279 e. The Balaban J connectivity index is 1.95. The van der Waals surface area contributed by atoms with Gasteiger partial charge >= 0.3 is 0 Å². The molecule has 5 heteroatoms. The average molecular weight is 349 g/mol. The quantitative estimate of drug-likeness (QED) is 0.746. The van der Waals surface area contributed by atoms with E-state index in [0.717, 1.165) is 11.1 Å². The second kappa shape index (κ2) is 7.12. The highest BCUT2D eigenvalue weighted by Crippen LogP contribution is 2.23. The molecule has 2 aromatic carbocycles. The molecule has 1 heterocycles. The van der Waals surface area contributed by atoms with Gasteiger partial charge in [-0.2, -0.15) is 0 Å². The number of methoxy groups -OCH3 is 1. The molecule has 0 unspecified atom stereocenters. The highest BCUT2D eigenvalue weighted by atomic mass is 16.5. The van der Waals surface area contributed by atoms with Gasteiger partial charge in [0.15, 0.2) is 5.69 Å². The van der Waals surface area contributed by atoms with E-state index in [9.17, 15) is 4.79 Å². The summed E-state index contributed by atoms with van der Waals surface area (Å²) in [5.74, 6) is 0.321. The summed E-state index contributed by atoms with van der Waals surface area (Å²) in [6.07, 6.45) is 0. The Hall–Kier alpha value is -2.95. The van der Waals surface area contributed by atoms with Crippen molar-refractivity contribution in [2.24, 2.45) is 0 Å². The zero-order chi connectivity index (χ0) is 18.8. The summed E-state index contributed by atoms with van der Waals surface area (Å²) in [6, 6.07) is 11.7. The van der Waals surface area contributed by atoms with Crippen molar-refractivity contribution in [3.8, 4) is 5.88 Å². The summed E-state index contributed by atoms with van der Waals surface area (Å²) in [6.45, 7) is 8.29. The zero-order valence-corrected chi connectivity index (χ0v) is 15.8. The van der Waals surface area contributed by atoms with Crippen molar-refractivity contribution in [3.63, 3.8) is 0 Å². The number of aryl methyl sites for hydroxylation is 2. The first-order valence-electron chi connectivity index (χ1n) is 8.63. The van der Waals surface area contributed by atoms with E-state index in [1.165, 1.54) is 12.7 Å². The first-order valence-corrected chi connectivity index (χ1v) is 8.63. The highest BCUT2D eigenvalue weighted by molar-refractivity contribution is 6.05. The largest absolute Gasteiger partial charge is 0.479 e. The number of fused-ring (bicyclic) bond motifs is 1. The third kappa shape index (κ3) is 3.52. The van der Waals surface area contributed by atoms with Gasteiger partial charge < -0.3 is 10.1 Å². The number of benzene rings is 2. The third-order valence-corrected chi connectivity index (χ3v) is 4.49. The summed E-state index contributed by atoms with van der Waals surface area (Å²) in [5, 5.41) is 2.87. The van der Waals surface area contributed by atoms with Crippen molar-refractivity contribution in [2.45, 2.75) is 33.6 Å². The molecule has 1 amide bonds. The Morgan fingerprint density at radius 2 is 1.58 bits per heavy atom. The van der Waals surface area contributed by atoms with Crippen molar-refractivity contribution < 1.29 is 9.53 Å². The van der Waals surface area contributed by atoms with E-state index in [-0.39, 0.29) is 17.5 Å². The molecule has 0 spiro atoms. The van der Waals surface area contributed by atoms with Crippen LogP contribution in [-0.2, 0) is 0 Å². The molecule has 0 atom stereocenters. The minimum Gasteiger partial charge on any atom is -0.479 e. The fourth-order valence-corrected chi connectivity index (χ4v) is 2.73. The molecule has 1 aromatic heterocycles. The Labute approximate surface area is 153 Å². The van der Waals surface area contributed by atoms with Crippen LogP contribution in [0.15, 0.2) is 36.4 Å². The SMILES string of the molecule is COc1nc2cc(C)c(C)cc2nc1C(=O)Nc1ccc(C(C)C)cc1. The van der Waals surface area contributed by atoms with Crippen LogP contribution in [-0.4, -0.2) is 23.0 Å². The number of hydrogen-bond donors (Lipinski definition) is 1. The number of aromatic nitrogens is 2. The van der Waals surface area contributed by atoms with Crippen molar-refractivity contribution in [2.75, 3.05) is 12.4 Å². The number of nitrogens with one attached hydrogen (secondary N) is 1. The van der Waals surface area contributed by atoms with Gasteiger partial charge in [0.1, 0.15) is 0 Å². The zero-order valence-electron chi connectivity index (χ0n) is 15.8. The summed E-state index contributed by atoms with van der Waals surface area (Å²) in [5.41, 5.74) is 5.72. The first kappa shape index (κ1) is 17.9. The monoisotopic (exact) mass is 349 g/mol. The Kier molecular flexibility index (Phi) is 4.89. The van der Waals surface area contributed by atoms with Crippen molar-refractivity contribution in [3.05, 3.63) is 58.8 Å². The van der Waals surface area contributed by atoms with Gasteiger partial charge in [0.05, 0.1) is 18.1 Å². The van der Waals surface area contributed by atoms with Crippen LogP contribution in [0.5, 0.6) is 5.88 Å². The number of nitrogens with zero attached hydrogens (tertiary/aromatic N) is 2. The van der Waals surface area contributed by atoms with Crippen LogP contribution in [0.2, 0.25) is 0 Å². The van der Waals surface area contributed by atoms with E-state index in [4.69, 9.17) is 4.74 Å². The van der Waals surface area contributed by atoms with E-state index in [1.54, 1.807) is 0 Å². The molecule has 5 nitrogen and oxygen atoms in total. The molecule has 134 valence electrons. The van der Waals surface area contributed by atoms with E-state index >= 15 is 0 Å². The maximum atomic E-state index is 12.7. The molecule has 0 aliphatic heterocycles. The molecule has 0 bridgehead atoms. The lowest BCUT2D eigenvalue weighted by atomic mass is 10.0. The molecule has 0 saturated heterocycles. The lowest BCUT2D eigenvalue weighted by molar-refractivity contribution is 0.101. The molecule has 3 aromatic rings. The van der Waals surface area contributed by atoms with Gasteiger partial charge in [-0.05, 0) is 60.7 Å². The van der Waals surface area contributed by atoms with Crippen LogP contribution >= 0.6 is 0 Å². The molecule has 1 N–H and O–H groups in total. The molecule has 0 saturated carbocycles. The molecule has 3 rings (SSSR count). The topological polar surface area (TPSA) is 64.1 Å². The average Bonchev–Trinajstić information content (AvgIpc) is 2.62. The predicted molar refractivity (Wildman–Crippen MR) is 104 cm³/mol. The van der Waals surface area contributed by atoms with Crippen LogP contribution < -0.4 is 10.1 Å². The van der Waals surface area contributed by atoms with Gasteiger partial charge in [0.25, 0.3) is 5.91 Å². The van der Waals surface area contributed by atoms with E-state index in [2.05, 4.69) is 29.1 Å². The molecule has 0 fully saturated rings. The summed E-state index contributed by atoms with van der Waals surface area (Å²) in [4.78, 5) is 21.7. The van der Waals surface area contributed by atoms with Crippen LogP contribution in [0.3, 0.4) is 0 Å². The number of hydrogen-bond acceptors (Lipinski definition) is 4. The summed E-state index contributed by atoms with van der Waals surface area (Å²) >= 11 is 0. The van der Waals surface area contributed by atoms with Crippen molar-refractivity contribution >= 4 is 22.6 Å². The highest BCUT2D eigenvalue weighted by Gasteiger charge is 2.18. The van der Waals surface area contributed by atoms with E-state index < -0.39 is 0 Å². The number of ether oxygens (including phenoxy) is 1. The fourth-order valence-electron chi connectivity index (χ4n) is 2.73. The van der Waals surface area contributed by atoms with Gasteiger partial charge in [-0.1, -0.05) is 26.0 Å². The normalized spacial score (nSPS) is 11.0. The summed E-state index contributed by atoms with van der Waals surface area (Å²) < 4.78 is 5.30. The fraction of sp³-hybridized carbons (Fsp3) is 0.286.